The van der Waals surface area contributed by atoms with Gasteiger partial charge in [-0.25, -0.2) is 0 Å². The molecule has 78 valence electrons. The standard InChI is InChI=1S/C12H13NOS/c1-13-11(15)8-10(12(13)14)7-9-5-3-2-4-6-9/h2-6,10H,7-8H2,1H3. The average molecular weight is 219 g/mol. The molecule has 0 saturated carbocycles. The lowest BCUT2D eigenvalue weighted by atomic mass is 9.98. The molecule has 1 unspecified atom stereocenters. The van der Waals surface area contributed by atoms with Crippen molar-refractivity contribution in [3.63, 3.8) is 0 Å². The summed E-state index contributed by atoms with van der Waals surface area (Å²) in [4.78, 5) is 14.1. The minimum Gasteiger partial charge on any atom is -0.309 e. The van der Waals surface area contributed by atoms with E-state index in [0.717, 1.165) is 17.8 Å². The van der Waals surface area contributed by atoms with Crippen molar-refractivity contribution in [1.29, 1.82) is 0 Å². The van der Waals surface area contributed by atoms with Crippen LogP contribution in [-0.2, 0) is 11.2 Å². The molecule has 0 bridgehead atoms. The molecule has 1 aliphatic heterocycles. The Morgan fingerprint density at radius 2 is 2.07 bits per heavy atom. The number of amides is 1. The second-order valence-corrected chi connectivity index (χ2v) is 4.35. The minimum atomic E-state index is 0.0462. The monoisotopic (exact) mass is 219 g/mol. The highest BCUT2D eigenvalue weighted by molar-refractivity contribution is 7.80. The number of thiocarbonyl (C=S) groups is 1. The fraction of sp³-hybridized carbons (Fsp3) is 0.333. The van der Waals surface area contributed by atoms with E-state index in [0.29, 0.717) is 0 Å². The highest BCUT2D eigenvalue weighted by atomic mass is 32.1. The third-order valence-electron chi connectivity index (χ3n) is 2.80. The van der Waals surface area contributed by atoms with Gasteiger partial charge < -0.3 is 4.90 Å². The zero-order valence-corrected chi connectivity index (χ0v) is 9.46. The summed E-state index contributed by atoms with van der Waals surface area (Å²) in [6.45, 7) is 0. The van der Waals surface area contributed by atoms with Crippen molar-refractivity contribution in [1.82, 2.24) is 4.90 Å². The molecule has 1 aromatic rings. The summed E-state index contributed by atoms with van der Waals surface area (Å²) in [6, 6.07) is 10.1. The number of carbonyl (C=O) groups is 1. The van der Waals surface area contributed by atoms with E-state index in [9.17, 15) is 4.79 Å². The molecule has 1 aromatic carbocycles. The molecule has 2 rings (SSSR count). The second kappa shape index (κ2) is 4.11. The molecule has 1 heterocycles. The number of benzene rings is 1. The van der Waals surface area contributed by atoms with Crippen LogP contribution in [0, 0.1) is 5.92 Å². The molecule has 2 nitrogen and oxygen atoms in total. The molecule has 0 aromatic heterocycles. The van der Waals surface area contributed by atoms with Crippen LogP contribution in [0.5, 0.6) is 0 Å². The zero-order chi connectivity index (χ0) is 10.8. The van der Waals surface area contributed by atoms with Crippen LogP contribution in [0.25, 0.3) is 0 Å². The van der Waals surface area contributed by atoms with Gasteiger partial charge in [-0.05, 0) is 12.0 Å². The smallest absolute Gasteiger partial charge is 0.230 e. The molecule has 3 heteroatoms. The predicted molar refractivity (Wildman–Crippen MR) is 63.6 cm³/mol. The normalized spacial score (nSPS) is 21.1. The van der Waals surface area contributed by atoms with Crippen LogP contribution in [-0.4, -0.2) is 22.8 Å². The van der Waals surface area contributed by atoms with E-state index in [4.69, 9.17) is 12.2 Å². The maximum Gasteiger partial charge on any atom is 0.230 e. The Balaban J connectivity index is 2.09. The van der Waals surface area contributed by atoms with Gasteiger partial charge in [0.2, 0.25) is 5.91 Å². The van der Waals surface area contributed by atoms with Crippen molar-refractivity contribution in [3.05, 3.63) is 35.9 Å². The van der Waals surface area contributed by atoms with Crippen molar-refractivity contribution >= 4 is 23.1 Å². The first-order chi connectivity index (χ1) is 7.18. The van der Waals surface area contributed by atoms with Crippen LogP contribution in [0.4, 0.5) is 0 Å². The first kappa shape index (κ1) is 10.3. The van der Waals surface area contributed by atoms with Crippen molar-refractivity contribution < 1.29 is 4.79 Å². The van der Waals surface area contributed by atoms with E-state index in [1.807, 2.05) is 18.2 Å². The third-order valence-corrected chi connectivity index (χ3v) is 3.24. The number of carbonyl (C=O) groups excluding carboxylic acids is 1. The lowest BCUT2D eigenvalue weighted by molar-refractivity contribution is -0.128. The zero-order valence-electron chi connectivity index (χ0n) is 8.64. The minimum absolute atomic E-state index is 0.0462. The maximum absolute atomic E-state index is 11.8. The summed E-state index contributed by atoms with van der Waals surface area (Å²) >= 11 is 5.12. The molecule has 15 heavy (non-hydrogen) atoms. The van der Waals surface area contributed by atoms with Crippen LogP contribution in [0.2, 0.25) is 0 Å². The first-order valence-electron chi connectivity index (χ1n) is 5.03. The molecule has 0 N–H and O–H groups in total. The number of likely N-dealkylation sites (tertiary alicyclic amines) is 1. The van der Waals surface area contributed by atoms with E-state index < -0.39 is 0 Å². The number of nitrogens with zero attached hydrogens (tertiary/aromatic N) is 1. The summed E-state index contributed by atoms with van der Waals surface area (Å²) in [5, 5.41) is 0. The predicted octanol–water partition coefficient (Wildman–Crippen LogP) is 2.03. The van der Waals surface area contributed by atoms with Gasteiger partial charge in [0.25, 0.3) is 0 Å². The summed E-state index contributed by atoms with van der Waals surface area (Å²) in [5.41, 5.74) is 1.20. The number of rotatable bonds is 2. The molecular formula is C12H13NOS. The van der Waals surface area contributed by atoms with Gasteiger partial charge in [0.15, 0.2) is 0 Å². The highest BCUT2D eigenvalue weighted by Crippen LogP contribution is 2.23. The molecular weight excluding hydrogens is 206 g/mol. The Labute approximate surface area is 94.9 Å². The summed E-state index contributed by atoms with van der Waals surface area (Å²) in [7, 11) is 1.76. The average Bonchev–Trinajstić information content (AvgIpc) is 2.48. The first-order valence-corrected chi connectivity index (χ1v) is 5.43. The Kier molecular flexibility index (Phi) is 2.82. The summed E-state index contributed by atoms with van der Waals surface area (Å²) in [6.07, 6.45) is 1.52. The molecule has 1 saturated heterocycles. The fourth-order valence-corrected chi connectivity index (χ4v) is 2.18. The number of hydrogen-bond acceptors (Lipinski definition) is 2. The lowest BCUT2D eigenvalue weighted by Crippen LogP contribution is -2.25. The quantitative estimate of drug-likeness (QED) is 0.709. The molecule has 1 atom stereocenters. The molecule has 1 fully saturated rings. The fourth-order valence-electron chi connectivity index (χ4n) is 1.89. The summed E-state index contributed by atoms with van der Waals surface area (Å²) < 4.78 is 0. The van der Waals surface area contributed by atoms with Crippen LogP contribution >= 0.6 is 12.2 Å². The SMILES string of the molecule is CN1C(=O)C(Cc2ccccc2)CC1=S. The number of hydrogen-bond donors (Lipinski definition) is 0. The maximum atomic E-state index is 11.8. The van der Waals surface area contributed by atoms with Gasteiger partial charge >= 0.3 is 0 Å². The Morgan fingerprint density at radius 1 is 1.40 bits per heavy atom. The van der Waals surface area contributed by atoms with Crippen molar-refractivity contribution in [2.75, 3.05) is 7.05 Å². The topological polar surface area (TPSA) is 20.3 Å². The Morgan fingerprint density at radius 3 is 2.60 bits per heavy atom. The van der Waals surface area contributed by atoms with Crippen LogP contribution in [0.15, 0.2) is 30.3 Å². The lowest BCUT2D eigenvalue weighted by Gasteiger charge is -2.09. The van der Waals surface area contributed by atoms with E-state index in [2.05, 4.69) is 12.1 Å². The van der Waals surface area contributed by atoms with Crippen LogP contribution in [0.3, 0.4) is 0 Å². The molecule has 0 radical (unpaired) electrons. The van der Waals surface area contributed by atoms with Crippen molar-refractivity contribution in [2.45, 2.75) is 12.8 Å². The molecule has 1 amide bonds. The summed E-state index contributed by atoms with van der Waals surface area (Å²) in [5.74, 6) is 0.203. The largest absolute Gasteiger partial charge is 0.309 e. The van der Waals surface area contributed by atoms with Crippen LogP contribution < -0.4 is 0 Å². The molecule has 0 spiro atoms. The van der Waals surface area contributed by atoms with Gasteiger partial charge in [0.1, 0.15) is 0 Å². The van der Waals surface area contributed by atoms with Gasteiger partial charge in [-0.2, -0.15) is 0 Å². The highest BCUT2D eigenvalue weighted by Gasteiger charge is 2.32. The van der Waals surface area contributed by atoms with E-state index in [1.54, 1.807) is 11.9 Å². The van der Waals surface area contributed by atoms with Gasteiger partial charge in [0.05, 0.1) is 4.99 Å². The Bertz CT molecular complexity index is 388. The van der Waals surface area contributed by atoms with Gasteiger partial charge in [-0.15, -0.1) is 0 Å². The van der Waals surface area contributed by atoms with Crippen molar-refractivity contribution in [2.24, 2.45) is 5.92 Å². The van der Waals surface area contributed by atoms with E-state index in [-0.39, 0.29) is 11.8 Å². The van der Waals surface area contributed by atoms with E-state index in [1.165, 1.54) is 5.56 Å². The Hall–Kier alpha value is -1.22. The van der Waals surface area contributed by atoms with Crippen LogP contribution in [0.1, 0.15) is 12.0 Å². The third kappa shape index (κ3) is 2.07. The van der Waals surface area contributed by atoms with Gasteiger partial charge in [-0.3, -0.25) is 4.79 Å². The molecule has 0 aliphatic carbocycles. The molecule has 1 aliphatic rings. The van der Waals surface area contributed by atoms with Gasteiger partial charge in [-0.1, -0.05) is 42.5 Å². The second-order valence-electron chi connectivity index (χ2n) is 3.88. The van der Waals surface area contributed by atoms with E-state index >= 15 is 0 Å². The van der Waals surface area contributed by atoms with Crippen molar-refractivity contribution in [3.8, 4) is 0 Å². The van der Waals surface area contributed by atoms with Gasteiger partial charge in [0, 0.05) is 19.4 Å².